The number of methoxy groups -OCH3 is 1. The number of halogens is 2. The molecule has 1 fully saturated rings. The van der Waals surface area contributed by atoms with E-state index in [0.717, 1.165) is 38.0 Å². The molecule has 0 atom stereocenters. The summed E-state index contributed by atoms with van der Waals surface area (Å²) in [5.41, 5.74) is 1.90. The molecule has 8 heteroatoms. The first-order valence-electron chi connectivity index (χ1n) is 8.74. The molecule has 6 nitrogen and oxygen atoms in total. The van der Waals surface area contributed by atoms with Crippen LogP contribution in [0.1, 0.15) is 24.0 Å². The van der Waals surface area contributed by atoms with Gasteiger partial charge in [0.15, 0.2) is 0 Å². The maximum atomic E-state index is 12.9. The van der Waals surface area contributed by atoms with Gasteiger partial charge in [0.25, 0.3) is 0 Å². The first kappa shape index (κ1) is 23.4. The Labute approximate surface area is 172 Å². The fourth-order valence-corrected chi connectivity index (χ4v) is 3.44. The number of nitrogens with zero attached hydrogens (tertiary/aromatic N) is 2. The van der Waals surface area contributed by atoms with Crippen LogP contribution in [-0.2, 0) is 22.6 Å². The monoisotopic (exact) mass is 414 g/mol. The summed E-state index contributed by atoms with van der Waals surface area (Å²) in [6.07, 6.45) is 7.14. The average Bonchev–Trinajstić information content (AvgIpc) is 3.15. The quantitative estimate of drug-likeness (QED) is 0.729. The number of nitrogens with one attached hydrogen (secondary N) is 2. The van der Waals surface area contributed by atoms with E-state index < -0.39 is 5.41 Å². The van der Waals surface area contributed by atoms with Crippen molar-refractivity contribution in [3.05, 3.63) is 54.1 Å². The Balaban J connectivity index is 0.00000182. The lowest BCUT2D eigenvalue weighted by atomic mass is 9.78. The third-order valence-corrected chi connectivity index (χ3v) is 4.93. The Bertz CT molecular complexity index is 683. The van der Waals surface area contributed by atoms with E-state index in [1.165, 1.54) is 5.56 Å². The Morgan fingerprint density at radius 2 is 1.96 bits per heavy atom. The molecule has 0 aliphatic carbocycles. The van der Waals surface area contributed by atoms with Crippen LogP contribution in [0.25, 0.3) is 0 Å². The van der Waals surface area contributed by atoms with E-state index in [1.54, 1.807) is 19.6 Å². The van der Waals surface area contributed by atoms with E-state index in [9.17, 15) is 4.79 Å². The minimum atomic E-state index is -0.417. The lowest BCUT2D eigenvalue weighted by Gasteiger charge is -2.35. The molecule has 150 valence electrons. The van der Waals surface area contributed by atoms with E-state index in [0.29, 0.717) is 13.2 Å². The predicted molar refractivity (Wildman–Crippen MR) is 111 cm³/mol. The van der Waals surface area contributed by atoms with Gasteiger partial charge in [-0.2, -0.15) is 0 Å². The fraction of sp³-hybridized carbons (Fsp3) is 0.474. The number of benzene rings is 1. The molecule has 1 aromatic carbocycles. The molecule has 27 heavy (non-hydrogen) atoms. The topological polar surface area (TPSA) is 68.2 Å². The Morgan fingerprint density at radius 3 is 2.59 bits per heavy atom. The minimum absolute atomic E-state index is 0. The van der Waals surface area contributed by atoms with Crippen LogP contribution < -0.4 is 10.6 Å². The largest absolute Gasteiger partial charge is 0.384 e. The van der Waals surface area contributed by atoms with Gasteiger partial charge in [0.1, 0.15) is 0 Å². The minimum Gasteiger partial charge on any atom is -0.384 e. The summed E-state index contributed by atoms with van der Waals surface area (Å²) in [4.78, 5) is 17.0. The standard InChI is InChI=1S/C19H26N4O2.2ClH/c1-25-14-19(6-8-20-9-7-19)18(24)22-12-16-4-2-3-5-17(16)13-23-11-10-21-15-23;;/h2-5,10-11,15,20H,6-9,12-14H2,1H3,(H,22,24);2*1H. The highest BCUT2D eigenvalue weighted by Gasteiger charge is 2.39. The number of hydrogen-bond acceptors (Lipinski definition) is 4. The maximum absolute atomic E-state index is 12.9. The average molecular weight is 415 g/mol. The molecule has 2 heterocycles. The smallest absolute Gasteiger partial charge is 0.228 e. The second kappa shape index (κ2) is 11.3. The number of aromatic nitrogens is 2. The number of imidazole rings is 1. The van der Waals surface area contributed by atoms with Crippen molar-refractivity contribution >= 4 is 30.7 Å². The van der Waals surface area contributed by atoms with Crippen molar-refractivity contribution in [1.82, 2.24) is 20.2 Å². The number of rotatable bonds is 7. The van der Waals surface area contributed by atoms with Crippen LogP contribution in [0.3, 0.4) is 0 Å². The summed E-state index contributed by atoms with van der Waals surface area (Å²) in [5, 5.41) is 6.46. The molecule has 1 aromatic heterocycles. The van der Waals surface area contributed by atoms with Crippen LogP contribution in [0.2, 0.25) is 0 Å². The van der Waals surface area contributed by atoms with Crippen molar-refractivity contribution in [1.29, 1.82) is 0 Å². The van der Waals surface area contributed by atoms with E-state index in [4.69, 9.17) is 4.74 Å². The third-order valence-electron chi connectivity index (χ3n) is 4.93. The second-order valence-corrected chi connectivity index (χ2v) is 6.65. The van der Waals surface area contributed by atoms with Gasteiger partial charge >= 0.3 is 0 Å². The second-order valence-electron chi connectivity index (χ2n) is 6.65. The van der Waals surface area contributed by atoms with Gasteiger partial charge in [-0.1, -0.05) is 24.3 Å². The zero-order chi connectivity index (χ0) is 17.5. The normalized spacial score (nSPS) is 15.3. The van der Waals surface area contributed by atoms with Crippen LogP contribution in [0, 0.1) is 5.41 Å². The molecule has 0 saturated carbocycles. The van der Waals surface area contributed by atoms with Gasteiger partial charge < -0.3 is 19.9 Å². The number of piperidine rings is 1. The van der Waals surface area contributed by atoms with Crippen molar-refractivity contribution < 1.29 is 9.53 Å². The zero-order valence-electron chi connectivity index (χ0n) is 15.5. The summed E-state index contributed by atoms with van der Waals surface area (Å²) in [6.45, 7) is 3.46. The van der Waals surface area contributed by atoms with Gasteiger partial charge in [-0.15, -0.1) is 24.8 Å². The van der Waals surface area contributed by atoms with Gasteiger partial charge in [-0.05, 0) is 37.1 Å². The van der Waals surface area contributed by atoms with Gasteiger partial charge in [-0.3, -0.25) is 4.79 Å². The van der Waals surface area contributed by atoms with Crippen molar-refractivity contribution in [2.45, 2.75) is 25.9 Å². The van der Waals surface area contributed by atoms with Crippen LogP contribution in [0.15, 0.2) is 43.0 Å². The molecule has 0 unspecified atom stereocenters. The number of ether oxygens (including phenoxy) is 1. The summed E-state index contributed by atoms with van der Waals surface area (Å²) < 4.78 is 7.38. The lowest BCUT2D eigenvalue weighted by molar-refractivity contribution is -0.136. The van der Waals surface area contributed by atoms with Crippen molar-refractivity contribution in [3.63, 3.8) is 0 Å². The molecule has 1 amide bonds. The van der Waals surface area contributed by atoms with Gasteiger partial charge in [0.05, 0.1) is 18.3 Å². The molecular formula is C19H28Cl2N4O2. The highest BCUT2D eigenvalue weighted by atomic mass is 35.5. The zero-order valence-corrected chi connectivity index (χ0v) is 17.2. The Morgan fingerprint density at radius 1 is 1.26 bits per heavy atom. The number of hydrogen-bond donors (Lipinski definition) is 2. The molecule has 1 aliphatic rings. The summed E-state index contributed by atoms with van der Waals surface area (Å²) in [7, 11) is 1.66. The van der Waals surface area contributed by atoms with E-state index in [-0.39, 0.29) is 30.7 Å². The lowest BCUT2D eigenvalue weighted by Crippen LogP contribution is -2.50. The first-order chi connectivity index (χ1) is 12.2. The van der Waals surface area contributed by atoms with Crippen LogP contribution >= 0.6 is 24.8 Å². The molecule has 0 bridgehead atoms. The molecule has 0 radical (unpaired) electrons. The maximum Gasteiger partial charge on any atom is 0.228 e. The van der Waals surface area contributed by atoms with Gasteiger partial charge in [0.2, 0.25) is 5.91 Å². The molecule has 2 N–H and O–H groups in total. The van der Waals surface area contributed by atoms with Crippen molar-refractivity contribution in [3.8, 4) is 0 Å². The molecule has 1 saturated heterocycles. The molecule has 2 aromatic rings. The highest BCUT2D eigenvalue weighted by molar-refractivity contribution is 5.85. The fourth-order valence-electron chi connectivity index (χ4n) is 3.44. The number of carbonyl (C=O) groups is 1. The van der Waals surface area contributed by atoms with Crippen LogP contribution in [-0.4, -0.2) is 42.3 Å². The molecule has 1 aliphatic heterocycles. The van der Waals surface area contributed by atoms with Crippen LogP contribution in [0.5, 0.6) is 0 Å². The van der Waals surface area contributed by atoms with Gasteiger partial charge in [-0.25, -0.2) is 4.98 Å². The highest BCUT2D eigenvalue weighted by Crippen LogP contribution is 2.29. The van der Waals surface area contributed by atoms with Crippen LogP contribution in [0.4, 0.5) is 0 Å². The number of carbonyl (C=O) groups excluding carboxylic acids is 1. The SMILES string of the molecule is COCC1(C(=O)NCc2ccccc2Cn2ccnc2)CCNCC1.Cl.Cl. The van der Waals surface area contributed by atoms with Crippen molar-refractivity contribution in [2.24, 2.45) is 5.41 Å². The first-order valence-corrected chi connectivity index (χ1v) is 8.74. The van der Waals surface area contributed by atoms with Crippen molar-refractivity contribution in [2.75, 3.05) is 26.8 Å². The number of amides is 1. The third kappa shape index (κ3) is 5.94. The molecule has 0 spiro atoms. The van der Waals surface area contributed by atoms with E-state index >= 15 is 0 Å². The summed E-state index contributed by atoms with van der Waals surface area (Å²) in [5.74, 6) is 0.0910. The summed E-state index contributed by atoms with van der Waals surface area (Å²) >= 11 is 0. The van der Waals surface area contributed by atoms with E-state index in [2.05, 4.69) is 27.8 Å². The van der Waals surface area contributed by atoms with Gasteiger partial charge in [0, 0.05) is 32.6 Å². The van der Waals surface area contributed by atoms with E-state index in [1.807, 2.05) is 22.9 Å². The Kier molecular flexibility index (Phi) is 9.80. The Hall–Kier alpha value is -1.60. The molecule has 3 rings (SSSR count). The predicted octanol–water partition coefficient (Wildman–Crippen LogP) is 2.41. The molecular weight excluding hydrogens is 387 g/mol. The summed E-state index contributed by atoms with van der Waals surface area (Å²) in [6, 6.07) is 8.19.